The predicted octanol–water partition coefficient (Wildman–Crippen LogP) is 5.29. The Kier molecular flexibility index (Phi) is 3.61. The summed E-state index contributed by atoms with van der Waals surface area (Å²) >= 11 is 4.06. The summed E-state index contributed by atoms with van der Waals surface area (Å²) in [6, 6.07) is 14.5. The number of hydrogen-bond acceptors (Lipinski definition) is 3. The second-order valence-corrected chi connectivity index (χ2v) is 6.34. The molecular weight excluding hydrogens is 367 g/mol. The molecule has 0 radical (unpaired) electrons. The molecule has 0 aliphatic rings. The molecule has 0 N–H and O–H groups in total. The van der Waals surface area contributed by atoms with E-state index in [9.17, 15) is 0 Å². The van der Waals surface area contributed by atoms with Crippen molar-refractivity contribution in [1.29, 1.82) is 0 Å². The molecule has 0 saturated carbocycles. The van der Waals surface area contributed by atoms with Crippen LogP contribution in [0.3, 0.4) is 0 Å². The molecule has 1 aromatic heterocycles. The Morgan fingerprint density at radius 2 is 1.95 bits per heavy atom. The van der Waals surface area contributed by atoms with Gasteiger partial charge in [-0.1, -0.05) is 0 Å². The summed E-state index contributed by atoms with van der Waals surface area (Å²) in [7, 11) is 0. The number of rotatable bonds is 2. The smallest absolute Gasteiger partial charge is 0.124 e. The first kappa shape index (κ1) is 12.7. The average molecular weight is 378 g/mol. The number of aromatic nitrogens is 1. The van der Waals surface area contributed by atoms with Gasteiger partial charge in [-0.15, -0.1) is 11.3 Å². The van der Waals surface area contributed by atoms with Gasteiger partial charge in [0.25, 0.3) is 0 Å². The van der Waals surface area contributed by atoms with Crippen LogP contribution in [0.15, 0.2) is 47.5 Å². The van der Waals surface area contributed by atoms with Crippen LogP contribution in [0.2, 0.25) is 0 Å². The molecule has 1 heterocycles. The van der Waals surface area contributed by atoms with Gasteiger partial charge in [0, 0.05) is 15.3 Å². The highest BCUT2D eigenvalue weighted by molar-refractivity contribution is 14.1. The third-order valence-corrected chi connectivity index (χ3v) is 4.48. The molecule has 0 aliphatic heterocycles. The number of thiazole rings is 1. The summed E-state index contributed by atoms with van der Waals surface area (Å²) < 4.78 is 2.48. The molecule has 0 fully saturated rings. The summed E-state index contributed by atoms with van der Waals surface area (Å²) in [6.07, 6.45) is 1.80. The van der Waals surface area contributed by atoms with Crippen LogP contribution in [0.1, 0.15) is 6.92 Å². The van der Waals surface area contributed by atoms with E-state index >= 15 is 0 Å². The fraction of sp³-hybridized carbons (Fsp3) is 0.0667. The van der Waals surface area contributed by atoms with Gasteiger partial charge in [-0.2, -0.15) is 0 Å². The lowest BCUT2D eigenvalue weighted by Crippen LogP contribution is -1.75. The van der Waals surface area contributed by atoms with Gasteiger partial charge in [-0.3, -0.25) is 4.99 Å². The van der Waals surface area contributed by atoms with Crippen molar-refractivity contribution in [3.05, 3.63) is 46.0 Å². The molecule has 4 heteroatoms. The van der Waals surface area contributed by atoms with Crippen LogP contribution in [0.25, 0.3) is 20.8 Å². The molecule has 0 saturated heterocycles. The van der Waals surface area contributed by atoms with Gasteiger partial charge in [0.15, 0.2) is 0 Å². The number of halogens is 1. The Labute approximate surface area is 129 Å². The summed E-state index contributed by atoms with van der Waals surface area (Å²) in [6.45, 7) is 1.92. The molecule has 2 nitrogen and oxygen atoms in total. The monoisotopic (exact) mass is 378 g/mol. The molecule has 19 heavy (non-hydrogen) atoms. The van der Waals surface area contributed by atoms with Crippen LogP contribution in [0.5, 0.6) is 0 Å². The lowest BCUT2D eigenvalue weighted by molar-refractivity contribution is 1.46. The molecule has 94 valence electrons. The standard InChI is InChI=1S/C15H11IN2S/c1-2-17-12-6-3-10(4-7-12)15-18-13-8-5-11(16)9-14(13)19-15/h2-9H,1H3. The highest BCUT2D eigenvalue weighted by atomic mass is 127. The minimum Gasteiger partial charge on any atom is -0.262 e. The van der Waals surface area contributed by atoms with E-state index in [1.165, 1.54) is 8.27 Å². The van der Waals surface area contributed by atoms with Crippen LogP contribution in [-0.2, 0) is 0 Å². The third kappa shape index (κ3) is 2.69. The molecular formula is C15H11IN2S. The normalized spacial score (nSPS) is 11.5. The van der Waals surface area contributed by atoms with Crippen LogP contribution in [0.4, 0.5) is 5.69 Å². The lowest BCUT2D eigenvalue weighted by atomic mass is 10.2. The molecule has 3 rings (SSSR count). The van der Waals surface area contributed by atoms with Crippen molar-refractivity contribution in [2.45, 2.75) is 6.92 Å². The summed E-state index contributed by atoms with van der Waals surface area (Å²) in [4.78, 5) is 8.93. The van der Waals surface area contributed by atoms with Gasteiger partial charge in [0.1, 0.15) is 5.01 Å². The molecule has 0 unspecified atom stereocenters. The minimum absolute atomic E-state index is 0.974. The Balaban J connectivity index is 2.03. The fourth-order valence-electron chi connectivity index (χ4n) is 1.86. The maximum absolute atomic E-state index is 4.68. The first-order chi connectivity index (χ1) is 9.26. The molecule has 0 atom stereocenters. The molecule has 0 bridgehead atoms. The number of fused-ring (bicyclic) bond motifs is 1. The quantitative estimate of drug-likeness (QED) is 0.439. The van der Waals surface area contributed by atoms with Crippen molar-refractivity contribution in [2.75, 3.05) is 0 Å². The van der Waals surface area contributed by atoms with E-state index in [1.54, 1.807) is 17.6 Å². The second-order valence-electron chi connectivity index (χ2n) is 4.07. The number of hydrogen-bond donors (Lipinski definition) is 0. The van der Waals surface area contributed by atoms with Gasteiger partial charge < -0.3 is 0 Å². The first-order valence-electron chi connectivity index (χ1n) is 5.91. The van der Waals surface area contributed by atoms with Gasteiger partial charge >= 0.3 is 0 Å². The van der Waals surface area contributed by atoms with Crippen molar-refractivity contribution in [2.24, 2.45) is 4.99 Å². The Morgan fingerprint density at radius 1 is 1.16 bits per heavy atom. The van der Waals surface area contributed by atoms with Crippen LogP contribution < -0.4 is 0 Å². The zero-order chi connectivity index (χ0) is 13.2. The van der Waals surface area contributed by atoms with Crippen molar-refractivity contribution in [1.82, 2.24) is 4.98 Å². The van der Waals surface area contributed by atoms with E-state index in [4.69, 9.17) is 0 Å². The van der Waals surface area contributed by atoms with Crippen LogP contribution in [0, 0.1) is 3.57 Å². The van der Waals surface area contributed by atoms with Gasteiger partial charge in [0.05, 0.1) is 15.9 Å². The third-order valence-electron chi connectivity index (χ3n) is 2.74. The van der Waals surface area contributed by atoms with Crippen molar-refractivity contribution in [3.8, 4) is 10.6 Å². The SMILES string of the molecule is CC=Nc1ccc(-c2nc3ccc(I)cc3s2)cc1. The number of aliphatic imine (C=N–C) groups is 1. The van der Waals surface area contributed by atoms with Crippen molar-refractivity contribution in [3.63, 3.8) is 0 Å². The highest BCUT2D eigenvalue weighted by Crippen LogP contribution is 2.31. The number of nitrogens with zero attached hydrogens (tertiary/aromatic N) is 2. The summed E-state index contributed by atoms with van der Waals surface area (Å²) in [5, 5.41) is 1.06. The zero-order valence-electron chi connectivity index (χ0n) is 10.3. The molecule has 0 aliphatic carbocycles. The van der Waals surface area contributed by atoms with E-state index in [-0.39, 0.29) is 0 Å². The predicted molar refractivity (Wildman–Crippen MR) is 91.6 cm³/mol. The summed E-state index contributed by atoms with van der Waals surface area (Å²) in [5.74, 6) is 0. The van der Waals surface area contributed by atoms with Gasteiger partial charge in [-0.05, 0) is 72.0 Å². The fourth-order valence-corrected chi connectivity index (χ4v) is 3.57. The molecule has 2 aromatic carbocycles. The second kappa shape index (κ2) is 5.38. The van der Waals surface area contributed by atoms with E-state index in [0.717, 1.165) is 21.8 Å². The van der Waals surface area contributed by atoms with Crippen molar-refractivity contribution >= 4 is 56.0 Å². The van der Waals surface area contributed by atoms with Crippen LogP contribution >= 0.6 is 33.9 Å². The minimum atomic E-state index is 0.974. The Hall–Kier alpha value is -1.27. The van der Waals surface area contributed by atoms with Crippen LogP contribution in [-0.4, -0.2) is 11.2 Å². The lowest BCUT2D eigenvalue weighted by Gasteiger charge is -1.96. The molecule has 0 spiro atoms. The van der Waals surface area contributed by atoms with E-state index < -0.39 is 0 Å². The topological polar surface area (TPSA) is 25.2 Å². The zero-order valence-corrected chi connectivity index (χ0v) is 13.3. The molecule has 0 amide bonds. The van der Waals surface area contributed by atoms with Gasteiger partial charge in [-0.25, -0.2) is 4.98 Å². The Morgan fingerprint density at radius 3 is 2.68 bits per heavy atom. The van der Waals surface area contributed by atoms with E-state index in [2.05, 4.69) is 62.9 Å². The largest absolute Gasteiger partial charge is 0.262 e. The number of benzene rings is 2. The Bertz CT molecular complexity index is 744. The maximum atomic E-state index is 4.68. The highest BCUT2D eigenvalue weighted by Gasteiger charge is 2.06. The first-order valence-corrected chi connectivity index (χ1v) is 7.81. The van der Waals surface area contributed by atoms with E-state index in [1.807, 2.05) is 19.1 Å². The van der Waals surface area contributed by atoms with Gasteiger partial charge in [0.2, 0.25) is 0 Å². The maximum Gasteiger partial charge on any atom is 0.124 e. The average Bonchev–Trinajstić information content (AvgIpc) is 2.83. The van der Waals surface area contributed by atoms with Crippen molar-refractivity contribution < 1.29 is 0 Å². The summed E-state index contributed by atoms with van der Waals surface area (Å²) in [5.41, 5.74) is 3.18. The molecule has 3 aromatic rings. The van der Waals surface area contributed by atoms with E-state index in [0.29, 0.717) is 0 Å².